The molecule has 0 spiro atoms. The van der Waals surface area contributed by atoms with Crippen LogP contribution in [0.25, 0.3) is 0 Å². The first-order valence-corrected chi connectivity index (χ1v) is 5.24. The van der Waals surface area contributed by atoms with E-state index in [1.807, 2.05) is 11.6 Å². The molecule has 1 atom stereocenters. The lowest BCUT2D eigenvalue weighted by molar-refractivity contribution is 0.486. The first-order chi connectivity index (χ1) is 6.59. The van der Waals surface area contributed by atoms with Crippen molar-refractivity contribution in [2.75, 3.05) is 0 Å². The van der Waals surface area contributed by atoms with E-state index in [9.17, 15) is 0 Å². The van der Waals surface area contributed by atoms with E-state index in [1.54, 1.807) is 6.33 Å². The molecule has 0 radical (unpaired) electrons. The van der Waals surface area contributed by atoms with Crippen LogP contribution in [0.1, 0.15) is 45.5 Å². The first kappa shape index (κ1) is 11.2. The lowest BCUT2D eigenvalue weighted by atomic mass is 10.1. The van der Waals surface area contributed by atoms with Gasteiger partial charge >= 0.3 is 0 Å². The van der Waals surface area contributed by atoms with Crippen molar-refractivity contribution in [3.8, 4) is 0 Å². The summed E-state index contributed by atoms with van der Waals surface area (Å²) in [5.41, 5.74) is 5.67. The second-order valence-electron chi connectivity index (χ2n) is 4.19. The van der Waals surface area contributed by atoms with Crippen LogP contribution in [0.2, 0.25) is 0 Å². The standard InChI is InChI=1S/C10H20N4/c1-8(2)5-4-6-14-7-12-10(13-14)9(3)11/h7-9H,4-6,11H2,1-3H3. The van der Waals surface area contributed by atoms with Crippen molar-refractivity contribution in [1.29, 1.82) is 0 Å². The molecule has 1 heterocycles. The number of rotatable bonds is 5. The highest BCUT2D eigenvalue weighted by atomic mass is 15.3. The molecule has 0 fully saturated rings. The Morgan fingerprint density at radius 2 is 2.14 bits per heavy atom. The van der Waals surface area contributed by atoms with Crippen LogP contribution >= 0.6 is 0 Å². The normalized spacial score (nSPS) is 13.5. The summed E-state index contributed by atoms with van der Waals surface area (Å²) in [5.74, 6) is 1.49. The van der Waals surface area contributed by atoms with Gasteiger partial charge in [0.2, 0.25) is 0 Å². The van der Waals surface area contributed by atoms with Crippen LogP contribution in [-0.2, 0) is 6.54 Å². The lowest BCUT2D eigenvalue weighted by Crippen LogP contribution is -2.08. The molecule has 4 nitrogen and oxygen atoms in total. The number of nitrogens with two attached hydrogens (primary N) is 1. The van der Waals surface area contributed by atoms with Gasteiger partial charge in [-0.1, -0.05) is 13.8 Å². The second-order valence-corrected chi connectivity index (χ2v) is 4.19. The van der Waals surface area contributed by atoms with Crippen LogP contribution in [0.15, 0.2) is 6.33 Å². The van der Waals surface area contributed by atoms with E-state index in [0.29, 0.717) is 0 Å². The third-order valence-corrected chi connectivity index (χ3v) is 2.13. The van der Waals surface area contributed by atoms with Crippen LogP contribution in [0.3, 0.4) is 0 Å². The number of hydrogen-bond acceptors (Lipinski definition) is 3. The van der Waals surface area contributed by atoms with Gasteiger partial charge in [0, 0.05) is 6.54 Å². The summed E-state index contributed by atoms with van der Waals surface area (Å²) in [6.45, 7) is 7.30. The Morgan fingerprint density at radius 3 is 2.64 bits per heavy atom. The topological polar surface area (TPSA) is 56.7 Å². The molecule has 0 saturated carbocycles. The minimum atomic E-state index is -0.0682. The van der Waals surface area contributed by atoms with Crippen molar-refractivity contribution >= 4 is 0 Å². The van der Waals surface area contributed by atoms with Crippen molar-refractivity contribution in [3.63, 3.8) is 0 Å². The molecule has 0 aliphatic rings. The Labute approximate surface area is 85.5 Å². The molecule has 0 aliphatic heterocycles. The van der Waals surface area contributed by atoms with Gasteiger partial charge in [0.05, 0.1) is 6.04 Å². The van der Waals surface area contributed by atoms with E-state index in [0.717, 1.165) is 24.7 Å². The van der Waals surface area contributed by atoms with Crippen LogP contribution in [0, 0.1) is 5.92 Å². The van der Waals surface area contributed by atoms with Gasteiger partial charge < -0.3 is 5.73 Å². The zero-order valence-electron chi connectivity index (χ0n) is 9.27. The molecule has 0 saturated heterocycles. The molecule has 0 aliphatic carbocycles. The molecule has 1 aromatic heterocycles. The highest BCUT2D eigenvalue weighted by Gasteiger charge is 2.04. The Bertz CT molecular complexity index is 265. The SMILES string of the molecule is CC(C)CCCn1cnc(C(C)N)n1. The summed E-state index contributed by atoms with van der Waals surface area (Å²) >= 11 is 0. The smallest absolute Gasteiger partial charge is 0.166 e. The van der Waals surface area contributed by atoms with E-state index in [2.05, 4.69) is 23.9 Å². The Hall–Kier alpha value is -0.900. The molecule has 2 N–H and O–H groups in total. The van der Waals surface area contributed by atoms with Gasteiger partial charge in [-0.05, 0) is 25.7 Å². The molecule has 1 unspecified atom stereocenters. The van der Waals surface area contributed by atoms with Gasteiger partial charge in [0.15, 0.2) is 5.82 Å². The number of aromatic nitrogens is 3. The number of nitrogens with zero attached hydrogens (tertiary/aromatic N) is 3. The average Bonchev–Trinajstić information content (AvgIpc) is 2.52. The minimum Gasteiger partial charge on any atom is -0.321 e. The van der Waals surface area contributed by atoms with Crippen LogP contribution in [0.5, 0.6) is 0 Å². The zero-order valence-corrected chi connectivity index (χ0v) is 9.27. The molecule has 0 amide bonds. The summed E-state index contributed by atoms with van der Waals surface area (Å²) < 4.78 is 1.88. The van der Waals surface area contributed by atoms with Crippen molar-refractivity contribution in [1.82, 2.24) is 14.8 Å². The van der Waals surface area contributed by atoms with Crippen molar-refractivity contribution < 1.29 is 0 Å². The van der Waals surface area contributed by atoms with Crippen molar-refractivity contribution in [3.05, 3.63) is 12.2 Å². The van der Waals surface area contributed by atoms with Crippen LogP contribution < -0.4 is 5.73 Å². The van der Waals surface area contributed by atoms with Gasteiger partial charge in [0.1, 0.15) is 6.33 Å². The van der Waals surface area contributed by atoms with E-state index >= 15 is 0 Å². The third-order valence-electron chi connectivity index (χ3n) is 2.13. The summed E-state index contributed by atoms with van der Waals surface area (Å²) in [7, 11) is 0. The first-order valence-electron chi connectivity index (χ1n) is 5.24. The predicted molar refractivity (Wildman–Crippen MR) is 56.7 cm³/mol. The van der Waals surface area contributed by atoms with Gasteiger partial charge in [-0.25, -0.2) is 4.98 Å². The van der Waals surface area contributed by atoms with Gasteiger partial charge in [-0.15, -0.1) is 0 Å². The summed E-state index contributed by atoms with van der Waals surface area (Å²) in [6, 6.07) is -0.0682. The van der Waals surface area contributed by atoms with Gasteiger partial charge in [-0.3, -0.25) is 4.68 Å². The highest BCUT2D eigenvalue weighted by Crippen LogP contribution is 2.06. The Kier molecular flexibility index (Phi) is 4.07. The van der Waals surface area contributed by atoms with E-state index in [4.69, 9.17) is 5.73 Å². The fourth-order valence-electron chi connectivity index (χ4n) is 1.29. The van der Waals surface area contributed by atoms with E-state index in [1.165, 1.54) is 6.42 Å². The molecule has 1 rings (SSSR count). The quantitative estimate of drug-likeness (QED) is 0.780. The highest BCUT2D eigenvalue weighted by molar-refractivity contribution is 4.87. The third kappa shape index (κ3) is 3.46. The number of hydrogen-bond donors (Lipinski definition) is 1. The number of aryl methyl sites for hydroxylation is 1. The Balaban J connectivity index is 2.36. The molecular formula is C10H20N4. The largest absolute Gasteiger partial charge is 0.321 e. The molecule has 14 heavy (non-hydrogen) atoms. The van der Waals surface area contributed by atoms with Crippen LogP contribution in [0.4, 0.5) is 0 Å². The zero-order chi connectivity index (χ0) is 10.6. The molecule has 4 heteroatoms. The van der Waals surface area contributed by atoms with E-state index < -0.39 is 0 Å². The lowest BCUT2D eigenvalue weighted by Gasteiger charge is -2.03. The molecule has 1 aromatic rings. The summed E-state index contributed by atoms with van der Waals surface area (Å²) in [4.78, 5) is 4.14. The Morgan fingerprint density at radius 1 is 1.43 bits per heavy atom. The molecule has 80 valence electrons. The summed E-state index contributed by atoms with van der Waals surface area (Å²) in [6.07, 6.45) is 4.14. The fourth-order valence-corrected chi connectivity index (χ4v) is 1.29. The predicted octanol–water partition coefficient (Wildman–Crippen LogP) is 1.73. The maximum atomic E-state index is 5.67. The van der Waals surface area contributed by atoms with Crippen molar-refractivity contribution in [2.24, 2.45) is 11.7 Å². The van der Waals surface area contributed by atoms with E-state index in [-0.39, 0.29) is 6.04 Å². The maximum Gasteiger partial charge on any atom is 0.166 e. The summed E-state index contributed by atoms with van der Waals surface area (Å²) in [5, 5.41) is 4.29. The molecular weight excluding hydrogens is 176 g/mol. The molecule has 0 aromatic carbocycles. The van der Waals surface area contributed by atoms with Crippen LogP contribution in [-0.4, -0.2) is 14.8 Å². The molecule has 0 bridgehead atoms. The second kappa shape index (κ2) is 5.10. The monoisotopic (exact) mass is 196 g/mol. The van der Waals surface area contributed by atoms with Crippen molar-refractivity contribution in [2.45, 2.75) is 46.2 Å². The van der Waals surface area contributed by atoms with Gasteiger partial charge in [-0.2, -0.15) is 5.10 Å². The van der Waals surface area contributed by atoms with Gasteiger partial charge in [0.25, 0.3) is 0 Å². The maximum absolute atomic E-state index is 5.67. The average molecular weight is 196 g/mol. The minimum absolute atomic E-state index is 0.0682. The fraction of sp³-hybridized carbons (Fsp3) is 0.800.